The zero-order valence-electron chi connectivity index (χ0n) is 9.40. The first-order chi connectivity index (χ1) is 8.20. The molecule has 0 fully saturated rings. The zero-order valence-corrected chi connectivity index (χ0v) is 11.0. The maximum Gasteiger partial charge on any atom is 0.181 e. The summed E-state index contributed by atoms with van der Waals surface area (Å²) in [5, 5.41) is 12.5. The fraction of sp³-hybridized carbons (Fsp3) is 0.250. The van der Waals surface area contributed by atoms with Gasteiger partial charge in [0.2, 0.25) is 0 Å². The van der Waals surface area contributed by atoms with Crippen molar-refractivity contribution in [3.8, 4) is 0 Å². The number of benzene rings is 1. The summed E-state index contributed by atoms with van der Waals surface area (Å²) in [5.41, 5.74) is 2.61. The molecule has 2 aromatic rings. The lowest BCUT2D eigenvalue weighted by Gasteiger charge is -2.10. The highest BCUT2D eigenvalue weighted by Crippen LogP contribution is 2.22. The highest BCUT2D eigenvalue weighted by atomic mass is 79.9. The lowest BCUT2D eigenvalue weighted by atomic mass is 10.2. The normalized spacial score (nSPS) is 10.5. The second-order valence-corrected chi connectivity index (χ2v) is 4.59. The van der Waals surface area contributed by atoms with E-state index in [4.69, 9.17) is 4.42 Å². The molecule has 1 aromatic carbocycles. The summed E-state index contributed by atoms with van der Waals surface area (Å²) in [4.78, 5) is 4.02. The smallest absolute Gasteiger partial charge is 0.181 e. The van der Waals surface area contributed by atoms with Crippen LogP contribution in [-0.4, -0.2) is 10.1 Å². The van der Waals surface area contributed by atoms with Crippen molar-refractivity contribution in [2.45, 2.75) is 20.1 Å². The monoisotopic (exact) mass is 296 g/mol. The van der Waals surface area contributed by atoms with Crippen molar-refractivity contribution in [1.29, 1.82) is 0 Å². The Labute approximate surface area is 108 Å². The van der Waals surface area contributed by atoms with Crippen LogP contribution in [0.2, 0.25) is 0 Å². The van der Waals surface area contributed by atoms with E-state index in [2.05, 4.69) is 26.2 Å². The summed E-state index contributed by atoms with van der Waals surface area (Å²) in [5.74, 6) is 0.803. The Kier molecular flexibility index (Phi) is 3.81. The van der Waals surface area contributed by atoms with E-state index in [-0.39, 0.29) is 6.61 Å². The predicted molar refractivity (Wildman–Crippen MR) is 68.6 cm³/mol. The average molecular weight is 297 g/mol. The van der Waals surface area contributed by atoms with Crippen molar-refractivity contribution in [2.24, 2.45) is 0 Å². The van der Waals surface area contributed by atoms with Gasteiger partial charge in [-0.2, -0.15) is 0 Å². The highest BCUT2D eigenvalue weighted by Gasteiger charge is 2.06. The summed E-state index contributed by atoms with van der Waals surface area (Å²) in [6.07, 6.45) is 1.43. The minimum absolute atomic E-state index is 0.00282. The number of aliphatic hydroxyl groups excluding tert-OH is 1. The number of nitrogens with one attached hydrogen (secondary N) is 1. The lowest BCUT2D eigenvalue weighted by molar-refractivity contribution is 0.282. The minimum Gasteiger partial charge on any atom is -0.446 e. The fourth-order valence-electron chi connectivity index (χ4n) is 1.54. The van der Waals surface area contributed by atoms with E-state index in [0.717, 1.165) is 27.2 Å². The molecule has 0 aliphatic rings. The van der Waals surface area contributed by atoms with Crippen LogP contribution in [0.5, 0.6) is 0 Å². The molecule has 2 N–H and O–H groups in total. The Bertz CT molecular complexity index is 511. The molecule has 0 unspecified atom stereocenters. The Hall–Kier alpha value is -1.33. The first kappa shape index (κ1) is 12.1. The molecule has 0 saturated carbocycles. The maximum atomic E-state index is 9.26. The number of rotatable bonds is 4. The second kappa shape index (κ2) is 5.33. The van der Waals surface area contributed by atoms with Gasteiger partial charge < -0.3 is 14.8 Å². The molecule has 0 aliphatic heterocycles. The van der Waals surface area contributed by atoms with Crippen molar-refractivity contribution in [2.75, 3.05) is 5.32 Å². The Balaban J connectivity index is 2.11. The largest absolute Gasteiger partial charge is 0.446 e. The van der Waals surface area contributed by atoms with Gasteiger partial charge in [0.05, 0.1) is 18.8 Å². The van der Waals surface area contributed by atoms with Crippen LogP contribution in [0.15, 0.2) is 33.5 Å². The van der Waals surface area contributed by atoms with Gasteiger partial charge in [-0.1, -0.05) is 15.9 Å². The van der Waals surface area contributed by atoms with E-state index in [1.54, 1.807) is 0 Å². The molecule has 0 amide bonds. The van der Waals surface area contributed by atoms with Gasteiger partial charge in [-0.25, -0.2) is 4.98 Å². The third kappa shape index (κ3) is 2.87. The molecular weight excluding hydrogens is 284 g/mol. The van der Waals surface area contributed by atoms with Gasteiger partial charge in [0.25, 0.3) is 0 Å². The second-order valence-electron chi connectivity index (χ2n) is 3.67. The fourth-order valence-corrected chi connectivity index (χ4v) is 1.95. The Morgan fingerprint density at radius 2 is 2.29 bits per heavy atom. The number of nitrogens with zero attached hydrogens (tertiary/aromatic N) is 1. The molecule has 0 bridgehead atoms. The van der Waals surface area contributed by atoms with Gasteiger partial charge in [0.15, 0.2) is 6.39 Å². The average Bonchev–Trinajstić information content (AvgIpc) is 2.73. The summed E-state index contributed by atoms with van der Waals surface area (Å²) in [6.45, 7) is 2.45. The number of hydrogen-bond donors (Lipinski definition) is 2. The zero-order chi connectivity index (χ0) is 12.3. The highest BCUT2D eigenvalue weighted by molar-refractivity contribution is 9.10. The van der Waals surface area contributed by atoms with Gasteiger partial charge in [0.1, 0.15) is 5.76 Å². The number of aromatic nitrogens is 1. The number of anilines is 1. The van der Waals surface area contributed by atoms with E-state index in [9.17, 15) is 5.11 Å². The van der Waals surface area contributed by atoms with Gasteiger partial charge in [0, 0.05) is 15.7 Å². The van der Waals surface area contributed by atoms with Crippen LogP contribution in [-0.2, 0) is 13.2 Å². The molecule has 0 spiro atoms. The summed E-state index contributed by atoms with van der Waals surface area (Å²) in [7, 11) is 0. The molecule has 17 heavy (non-hydrogen) atoms. The molecule has 1 heterocycles. The van der Waals surface area contributed by atoms with Crippen molar-refractivity contribution >= 4 is 21.6 Å². The SMILES string of the molecule is Cc1ncoc1CNc1ccc(Br)cc1CO. The third-order valence-electron chi connectivity index (χ3n) is 2.52. The summed E-state index contributed by atoms with van der Waals surface area (Å²) < 4.78 is 6.19. The van der Waals surface area contributed by atoms with Crippen LogP contribution in [0, 0.1) is 6.92 Å². The Morgan fingerprint density at radius 3 is 2.94 bits per heavy atom. The first-order valence-corrected chi connectivity index (χ1v) is 6.02. The standard InChI is InChI=1S/C12H13BrN2O2/c1-8-12(17-7-15-8)5-14-11-3-2-10(13)4-9(11)6-16/h2-4,7,14,16H,5-6H2,1H3. The number of hydrogen-bond acceptors (Lipinski definition) is 4. The minimum atomic E-state index is -0.00282. The van der Waals surface area contributed by atoms with Gasteiger partial charge in [-0.3, -0.25) is 0 Å². The molecule has 90 valence electrons. The van der Waals surface area contributed by atoms with E-state index >= 15 is 0 Å². The van der Waals surface area contributed by atoms with E-state index < -0.39 is 0 Å². The number of aliphatic hydroxyl groups is 1. The van der Waals surface area contributed by atoms with Crippen LogP contribution >= 0.6 is 15.9 Å². The maximum absolute atomic E-state index is 9.26. The molecule has 1 aromatic heterocycles. The molecule has 0 radical (unpaired) electrons. The summed E-state index contributed by atoms with van der Waals surface area (Å²) in [6, 6.07) is 5.73. The van der Waals surface area contributed by atoms with Crippen LogP contribution in [0.25, 0.3) is 0 Å². The lowest BCUT2D eigenvalue weighted by Crippen LogP contribution is -2.03. The van der Waals surface area contributed by atoms with Crippen molar-refractivity contribution in [1.82, 2.24) is 4.98 Å². The van der Waals surface area contributed by atoms with Crippen molar-refractivity contribution < 1.29 is 9.52 Å². The molecule has 0 saturated heterocycles. The number of aryl methyl sites for hydroxylation is 1. The molecule has 0 aliphatic carbocycles. The molecule has 2 rings (SSSR count). The molecular formula is C12H13BrN2O2. The van der Waals surface area contributed by atoms with E-state index in [0.29, 0.717) is 6.54 Å². The van der Waals surface area contributed by atoms with Gasteiger partial charge in [-0.15, -0.1) is 0 Å². The molecule has 4 nitrogen and oxygen atoms in total. The number of halogens is 1. The predicted octanol–water partition coefficient (Wildman–Crippen LogP) is 2.85. The summed E-state index contributed by atoms with van der Waals surface area (Å²) >= 11 is 3.37. The van der Waals surface area contributed by atoms with Crippen LogP contribution in [0.3, 0.4) is 0 Å². The van der Waals surface area contributed by atoms with Crippen molar-refractivity contribution in [3.63, 3.8) is 0 Å². The third-order valence-corrected chi connectivity index (χ3v) is 3.02. The van der Waals surface area contributed by atoms with Crippen molar-refractivity contribution in [3.05, 3.63) is 46.1 Å². The quantitative estimate of drug-likeness (QED) is 0.911. The van der Waals surface area contributed by atoms with E-state index in [1.807, 2.05) is 25.1 Å². The van der Waals surface area contributed by atoms with Crippen LogP contribution in [0.1, 0.15) is 17.0 Å². The molecule has 5 heteroatoms. The number of oxazole rings is 1. The topological polar surface area (TPSA) is 58.3 Å². The van der Waals surface area contributed by atoms with Crippen LogP contribution in [0.4, 0.5) is 5.69 Å². The van der Waals surface area contributed by atoms with Gasteiger partial charge >= 0.3 is 0 Å². The Morgan fingerprint density at radius 1 is 1.47 bits per heavy atom. The molecule has 0 atom stereocenters. The van der Waals surface area contributed by atoms with Gasteiger partial charge in [-0.05, 0) is 25.1 Å². The van der Waals surface area contributed by atoms with Crippen LogP contribution < -0.4 is 5.32 Å². The van der Waals surface area contributed by atoms with E-state index in [1.165, 1.54) is 6.39 Å². The first-order valence-electron chi connectivity index (χ1n) is 5.23.